The first-order chi connectivity index (χ1) is 11.5. The van der Waals surface area contributed by atoms with Gasteiger partial charge >= 0.3 is 5.35 Å². The molecule has 0 aliphatic heterocycles. The highest BCUT2D eigenvalue weighted by Gasteiger charge is 2.12. The summed E-state index contributed by atoms with van der Waals surface area (Å²) in [6, 6.07) is 5.87. The molecule has 24 heavy (non-hydrogen) atoms. The van der Waals surface area contributed by atoms with Crippen LogP contribution in [0.3, 0.4) is 0 Å². The molecule has 126 valence electrons. The van der Waals surface area contributed by atoms with Crippen LogP contribution in [0.15, 0.2) is 27.2 Å². The Labute approximate surface area is 144 Å². The summed E-state index contributed by atoms with van der Waals surface area (Å²) in [7, 11) is 0. The molecular formula is C17H18ClN3O3. The fraction of sp³-hybridized carbons (Fsp3) is 0.353. The Bertz CT molecular complexity index is 818. The normalized spacial score (nSPS) is 11.0. The average molecular weight is 348 g/mol. The number of benzene rings is 1. The number of halogens is 1. The predicted octanol–water partition coefficient (Wildman–Crippen LogP) is 4.31. The van der Waals surface area contributed by atoms with Gasteiger partial charge in [-0.25, -0.2) is 0 Å². The van der Waals surface area contributed by atoms with Crippen molar-refractivity contribution in [2.45, 2.75) is 33.6 Å². The van der Waals surface area contributed by atoms with Crippen molar-refractivity contribution in [2.24, 2.45) is 0 Å². The number of hydrogen-bond donors (Lipinski definition) is 0. The lowest BCUT2D eigenvalue weighted by molar-refractivity contribution is 0.296. The molecule has 0 atom stereocenters. The van der Waals surface area contributed by atoms with Crippen LogP contribution in [-0.4, -0.2) is 21.9 Å². The van der Waals surface area contributed by atoms with Crippen LogP contribution in [0.1, 0.15) is 29.0 Å². The summed E-state index contributed by atoms with van der Waals surface area (Å²) in [4.78, 5) is 4.03. The molecule has 0 saturated heterocycles. The Hall–Kier alpha value is -2.34. The van der Waals surface area contributed by atoms with Crippen molar-refractivity contribution < 1.29 is 13.8 Å². The van der Waals surface area contributed by atoms with Crippen LogP contribution in [0.2, 0.25) is 5.35 Å². The van der Waals surface area contributed by atoms with Gasteiger partial charge < -0.3 is 13.8 Å². The van der Waals surface area contributed by atoms with E-state index in [1.54, 1.807) is 0 Å². The highest BCUT2D eigenvalue weighted by Crippen LogP contribution is 2.29. The van der Waals surface area contributed by atoms with Crippen molar-refractivity contribution in [3.63, 3.8) is 0 Å². The van der Waals surface area contributed by atoms with E-state index in [-0.39, 0.29) is 5.35 Å². The second kappa shape index (κ2) is 7.05. The molecule has 2 heterocycles. The van der Waals surface area contributed by atoms with Crippen LogP contribution < -0.4 is 4.74 Å². The molecule has 7 heteroatoms. The van der Waals surface area contributed by atoms with Gasteiger partial charge in [0.25, 0.3) is 0 Å². The maximum absolute atomic E-state index is 5.94. The van der Waals surface area contributed by atoms with E-state index in [2.05, 4.69) is 15.3 Å². The lowest BCUT2D eigenvalue weighted by Crippen LogP contribution is -2.02. The summed E-state index contributed by atoms with van der Waals surface area (Å²) >= 11 is 5.68. The van der Waals surface area contributed by atoms with Crippen LogP contribution in [0.4, 0.5) is 0 Å². The summed E-state index contributed by atoms with van der Waals surface area (Å²) in [6.07, 6.45) is 1.66. The second-order valence-electron chi connectivity index (χ2n) is 5.70. The molecule has 0 bridgehead atoms. The van der Waals surface area contributed by atoms with Gasteiger partial charge in [-0.2, -0.15) is 4.98 Å². The minimum absolute atomic E-state index is 0.0308. The summed E-state index contributed by atoms with van der Waals surface area (Å²) < 4.78 is 15.9. The molecule has 0 aliphatic rings. The number of hydrogen-bond acceptors (Lipinski definition) is 6. The van der Waals surface area contributed by atoms with Crippen LogP contribution in [0, 0.1) is 20.8 Å². The molecular weight excluding hydrogens is 330 g/mol. The van der Waals surface area contributed by atoms with E-state index in [0.29, 0.717) is 12.4 Å². The highest BCUT2D eigenvalue weighted by atomic mass is 35.5. The van der Waals surface area contributed by atoms with Crippen molar-refractivity contribution in [1.29, 1.82) is 0 Å². The van der Waals surface area contributed by atoms with E-state index in [9.17, 15) is 0 Å². The Morgan fingerprint density at radius 2 is 1.79 bits per heavy atom. The quantitative estimate of drug-likeness (QED) is 0.618. The molecule has 3 rings (SSSR count). The Morgan fingerprint density at radius 1 is 1.04 bits per heavy atom. The molecule has 0 amide bonds. The largest absolute Gasteiger partial charge is 0.493 e. The van der Waals surface area contributed by atoms with Crippen LogP contribution in [0.5, 0.6) is 5.75 Å². The Kier molecular flexibility index (Phi) is 4.85. The number of rotatable bonds is 6. The summed E-state index contributed by atoms with van der Waals surface area (Å²) in [6.45, 7) is 6.50. The molecule has 0 fully saturated rings. The third-order valence-electron chi connectivity index (χ3n) is 3.61. The van der Waals surface area contributed by atoms with Crippen LogP contribution in [-0.2, 0) is 6.42 Å². The topological polar surface area (TPSA) is 74.2 Å². The summed E-state index contributed by atoms with van der Waals surface area (Å²) in [5, 5.41) is 7.74. The van der Waals surface area contributed by atoms with Crippen LogP contribution in [0.25, 0.3) is 11.4 Å². The predicted molar refractivity (Wildman–Crippen MR) is 89.3 cm³/mol. The third-order valence-corrected chi connectivity index (χ3v) is 3.76. The standard InChI is InChI=1S/C17H18ClN3O3/c1-10-7-13(16-19-17(18)24-21-16)8-11(2)15(10)22-6-4-5-14-9-12(3)20-23-14/h7-9H,4-6H2,1-3H3. The van der Waals surface area contributed by atoms with Gasteiger partial charge in [0.1, 0.15) is 11.5 Å². The van der Waals surface area contributed by atoms with Gasteiger partial charge in [-0.1, -0.05) is 10.3 Å². The minimum atomic E-state index is 0.0308. The van der Waals surface area contributed by atoms with Gasteiger partial charge in [-0.05, 0) is 62.1 Å². The van der Waals surface area contributed by atoms with Crippen molar-refractivity contribution in [3.05, 3.63) is 46.1 Å². The van der Waals surface area contributed by atoms with Gasteiger partial charge in [0.05, 0.1) is 12.3 Å². The van der Waals surface area contributed by atoms with Gasteiger partial charge in [-0.15, -0.1) is 0 Å². The van der Waals surface area contributed by atoms with E-state index >= 15 is 0 Å². The Morgan fingerprint density at radius 3 is 2.38 bits per heavy atom. The minimum Gasteiger partial charge on any atom is -0.493 e. The van der Waals surface area contributed by atoms with Gasteiger partial charge in [0.15, 0.2) is 0 Å². The molecule has 0 unspecified atom stereocenters. The average Bonchev–Trinajstić information content (AvgIpc) is 3.14. The number of nitrogens with zero attached hydrogens (tertiary/aromatic N) is 3. The number of ether oxygens (including phenoxy) is 1. The van der Waals surface area contributed by atoms with E-state index in [1.165, 1.54) is 0 Å². The fourth-order valence-electron chi connectivity index (χ4n) is 2.58. The van der Waals surface area contributed by atoms with Crippen molar-refractivity contribution >= 4 is 11.6 Å². The fourth-order valence-corrected chi connectivity index (χ4v) is 2.70. The van der Waals surface area contributed by atoms with E-state index < -0.39 is 0 Å². The lowest BCUT2D eigenvalue weighted by atomic mass is 10.1. The molecule has 1 aromatic carbocycles. The molecule has 0 N–H and O–H groups in total. The molecule has 0 radical (unpaired) electrons. The molecule has 0 spiro atoms. The molecule has 0 aliphatic carbocycles. The number of aryl methyl sites for hydroxylation is 4. The van der Waals surface area contributed by atoms with Gasteiger partial charge in [0, 0.05) is 18.1 Å². The number of aromatic nitrogens is 3. The summed E-state index contributed by atoms with van der Waals surface area (Å²) in [5.41, 5.74) is 3.78. The van der Waals surface area contributed by atoms with Crippen molar-refractivity contribution in [3.8, 4) is 17.1 Å². The zero-order valence-corrected chi connectivity index (χ0v) is 14.6. The van der Waals surface area contributed by atoms with E-state index in [4.69, 9.17) is 25.4 Å². The van der Waals surface area contributed by atoms with Gasteiger partial charge in [-0.3, -0.25) is 0 Å². The Balaban J connectivity index is 1.63. The first-order valence-electron chi connectivity index (χ1n) is 7.69. The van der Waals surface area contributed by atoms with Crippen LogP contribution >= 0.6 is 11.6 Å². The lowest BCUT2D eigenvalue weighted by Gasteiger charge is -2.13. The monoisotopic (exact) mass is 347 g/mol. The van der Waals surface area contributed by atoms with Gasteiger partial charge in [0.2, 0.25) is 5.82 Å². The molecule has 6 nitrogen and oxygen atoms in total. The smallest absolute Gasteiger partial charge is 0.320 e. The third kappa shape index (κ3) is 3.76. The molecule has 2 aromatic heterocycles. The van der Waals surface area contributed by atoms with Crippen molar-refractivity contribution in [2.75, 3.05) is 6.61 Å². The first kappa shape index (κ1) is 16.5. The maximum atomic E-state index is 5.94. The maximum Gasteiger partial charge on any atom is 0.320 e. The van der Waals surface area contributed by atoms with E-state index in [1.807, 2.05) is 39.0 Å². The molecule has 0 saturated carbocycles. The second-order valence-corrected chi connectivity index (χ2v) is 6.02. The van der Waals surface area contributed by atoms with Crippen molar-refractivity contribution in [1.82, 2.24) is 15.3 Å². The summed E-state index contributed by atoms with van der Waals surface area (Å²) in [5.74, 6) is 2.23. The zero-order valence-electron chi connectivity index (χ0n) is 13.8. The van der Waals surface area contributed by atoms with E-state index in [0.717, 1.165) is 46.7 Å². The highest BCUT2D eigenvalue weighted by molar-refractivity contribution is 6.27. The zero-order chi connectivity index (χ0) is 17.1. The molecule has 3 aromatic rings. The SMILES string of the molecule is Cc1cc(CCCOc2c(C)cc(-c3noc(Cl)n3)cc2C)on1. The first-order valence-corrected chi connectivity index (χ1v) is 8.06.